The lowest BCUT2D eigenvalue weighted by molar-refractivity contribution is 0.188. The van der Waals surface area contributed by atoms with Crippen molar-refractivity contribution in [2.75, 3.05) is 13.1 Å². The first kappa shape index (κ1) is 14.4. The average molecular weight is 261 g/mol. The number of nitrogens with one attached hydrogen (secondary N) is 1. The smallest absolute Gasteiger partial charge is 0.0620 e. The summed E-state index contributed by atoms with van der Waals surface area (Å²) in [4.78, 5) is 8.83. The molecule has 3 atom stereocenters. The standard InChI is InChI=1S/C16H27N3/c1-4-17-10-14-6-5-13(12(2)3)9-15(14)16-11-18-7-8-19-16/h7-8,11-15,17H,4-6,9-10H2,1-3H3. The predicted octanol–water partition coefficient (Wildman–Crippen LogP) is 3.24. The first-order chi connectivity index (χ1) is 9.22. The molecule has 1 N–H and O–H groups in total. The normalized spacial score (nSPS) is 27.7. The number of nitrogens with zero attached hydrogens (tertiary/aromatic N) is 2. The van der Waals surface area contributed by atoms with E-state index in [1.807, 2.05) is 12.4 Å². The predicted molar refractivity (Wildman–Crippen MR) is 79.0 cm³/mol. The number of hydrogen-bond donors (Lipinski definition) is 1. The summed E-state index contributed by atoms with van der Waals surface area (Å²) in [6.45, 7) is 9.04. The van der Waals surface area contributed by atoms with E-state index < -0.39 is 0 Å². The van der Waals surface area contributed by atoms with Crippen molar-refractivity contribution in [2.45, 2.75) is 46.0 Å². The number of aromatic nitrogens is 2. The topological polar surface area (TPSA) is 37.8 Å². The van der Waals surface area contributed by atoms with Crippen LogP contribution in [-0.2, 0) is 0 Å². The molecule has 3 nitrogen and oxygen atoms in total. The van der Waals surface area contributed by atoms with Gasteiger partial charge in [-0.05, 0) is 50.1 Å². The second-order valence-electron chi connectivity index (χ2n) is 6.12. The van der Waals surface area contributed by atoms with Crippen LogP contribution in [-0.4, -0.2) is 23.1 Å². The van der Waals surface area contributed by atoms with E-state index >= 15 is 0 Å². The summed E-state index contributed by atoms with van der Waals surface area (Å²) < 4.78 is 0. The van der Waals surface area contributed by atoms with Crippen molar-refractivity contribution in [3.8, 4) is 0 Å². The molecule has 1 heterocycles. The highest BCUT2D eigenvalue weighted by Crippen LogP contribution is 2.42. The molecule has 1 aliphatic rings. The van der Waals surface area contributed by atoms with Crippen molar-refractivity contribution in [1.82, 2.24) is 15.3 Å². The van der Waals surface area contributed by atoms with Crippen molar-refractivity contribution in [3.63, 3.8) is 0 Å². The van der Waals surface area contributed by atoms with Crippen LogP contribution < -0.4 is 5.32 Å². The minimum Gasteiger partial charge on any atom is -0.317 e. The Morgan fingerprint density at radius 1 is 1.32 bits per heavy atom. The summed E-state index contributed by atoms with van der Waals surface area (Å²) in [5, 5.41) is 3.51. The third-order valence-corrected chi connectivity index (χ3v) is 4.60. The van der Waals surface area contributed by atoms with Crippen molar-refractivity contribution in [2.24, 2.45) is 17.8 Å². The Kier molecular flexibility index (Phi) is 5.32. The van der Waals surface area contributed by atoms with Gasteiger partial charge in [0, 0.05) is 24.5 Å². The highest BCUT2D eigenvalue weighted by molar-refractivity contribution is 5.08. The van der Waals surface area contributed by atoms with Crippen LogP contribution in [0.5, 0.6) is 0 Å². The fourth-order valence-electron chi connectivity index (χ4n) is 3.31. The van der Waals surface area contributed by atoms with Gasteiger partial charge in [0.05, 0.1) is 5.69 Å². The SMILES string of the molecule is CCNCC1CCC(C(C)C)CC1c1cnccn1. The summed E-state index contributed by atoms with van der Waals surface area (Å²) in [5.41, 5.74) is 1.19. The Balaban J connectivity index is 2.11. The van der Waals surface area contributed by atoms with Crippen LogP contribution >= 0.6 is 0 Å². The van der Waals surface area contributed by atoms with Crippen LogP contribution in [0.25, 0.3) is 0 Å². The molecule has 1 aliphatic carbocycles. The number of hydrogen-bond acceptors (Lipinski definition) is 3. The van der Waals surface area contributed by atoms with Crippen LogP contribution in [0.1, 0.15) is 51.6 Å². The second kappa shape index (κ2) is 6.99. The van der Waals surface area contributed by atoms with Crippen molar-refractivity contribution in [3.05, 3.63) is 24.3 Å². The molecule has 0 aromatic carbocycles. The van der Waals surface area contributed by atoms with Crippen LogP contribution in [0.2, 0.25) is 0 Å². The van der Waals surface area contributed by atoms with Crippen LogP contribution in [0, 0.1) is 17.8 Å². The maximum absolute atomic E-state index is 4.56. The molecule has 106 valence electrons. The molecule has 19 heavy (non-hydrogen) atoms. The first-order valence-electron chi connectivity index (χ1n) is 7.69. The molecule has 1 fully saturated rings. The minimum atomic E-state index is 0.578. The van der Waals surface area contributed by atoms with Crippen LogP contribution in [0.15, 0.2) is 18.6 Å². The Hall–Kier alpha value is -0.960. The van der Waals surface area contributed by atoms with Gasteiger partial charge in [0.15, 0.2) is 0 Å². The van der Waals surface area contributed by atoms with Gasteiger partial charge in [-0.3, -0.25) is 9.97 Å². The fraction of sp³-hybridized carbons (Fsp3) is 0.750. The fourth-order valence-corrected chi connectivity index (χ4v) is 3.31. The zero-order chi connectivity index (χ0) is 13.7. The molecule has 0 aliphatic heterocycles. The molecule has 3 unspecified atom stereocenters. The van der Waals surface area contributed by atoms with Gasteiger partial charge in [0.2, 0.25) is 0 Å². The lowest BCUT2D eigenvalue weighted by Gasteiger charge is -2.37. The molecular formula is C16H27N3. The van der Waals surface area contributed by atoms with E-state index in [4.69, 9.17) is 0 Å². The summed E-state index contributed by atoms with van der Waals surface area (Å²) in [6, 6.07) is 0. The van der Waals surface area contributed by atoms with Gasteiger partial charge in [0.25, 0.3) is 0 Å². The molecule has 0 radical (unpaired) electrons. The van der Waals surface area contributed by atoms with Gasteiger partial charge in [-0.15, -0.1) is 0 Å². The molecule has 1 saturated carbocycles. The van der Waals surface area contributed by atoms with E-state index in [-0.39, 0.29) is 0 Å². The number of rotatable bonds is 5. The highest BCUT2D eigenvalue weighted by Gasteiger charge is 2.33. The Bertz CT molecular complexity index is 364. The van der Waals surface area contributed by atoms with E-state index in [2.05, 4.69) is 36.1 Å². The molecule has 0 saturated heterocycles. The molecule has 0 bridgehead atoms. The summed E-state index contributed by atoms with van der Waals surface area (Å²) in [6.07, 6.45) is 9.52. The van der Waals surface area contributed by atoms with Gasteiger partial charge >= 0.3 is 0 Å². The molecular weight excluding hydrogens is 234 g/mol. The Labute approximate surface area is 117 Å². The largest absolute Gasteiger partial charge is 0.317 e. The van der Waals surface area contributed by atoms with Gasteiger partial charge in [0.1, 0.15) is 0 Å². The average Bonchev–Trinajstić information content (AvgIpc) is 2.45. The maximum atomic E-state index is 4.56. The van der Waals surface area contributed by atoms with Gasteiger partial charge in [-0.1, -0.05) is 20.8 Å². The van der Waals surface area contributed by atoms with E-state index in [1.54, 1.807) is 6.20 Å². The lowest BCUT2D eigenvalue weighted by atomic mass is 9.69. The summed E-state index contributed by atoms with van der Waals surface area (Å²) in [7, 11) is 0. The van der Waals surface area contributed by atoms with E-state index in [0.29, 0.717) is 11.8 Å². The molecule has 3 heteroatoms. The quantitative estimate of drug-likeness (QED) is 0.884. The van der Waals surface area contributed by atoms with Crippen molar-refractivity contribution < 1.29 is 0 Å². The molecule has 0 amide bonds. The molecule has 2 rings (SSSR count). The molecule has 0 spiro atoms. The highest BCUT2D eigenvalue weighted by atomic mass is 14.9. The minimum absolute atomic E-state index is 0.578. The van der Waals surface area contributed by atoms with Gasteiger partial charge < -0.3 is 5.32 Å². The Morgan fingerprint density at radius 2 is 2.16 bits per heavy atom. The summed E-state index contributed by atoms with van der Waals surface area (Å²) >= 11 is 0. The van der Waals surface area contributed by atoms with E-state index in [9.17, 15) is 0 Å². The van der Waals surface area contributed by atoms with Crippen LogP contribution in [0.4, 0.5) is 0 Å². The maximum Gasteiger partial charge on any atom is 0.0620 e. The summed E-state index contributed by atoms with van der Waals surface area (Å²) in [5.74, 6) is 2.91. The van der Waals surface area contributed by atoms with Gasteiger partial charge in [-0.25, -0.2) is 0 Å². The zero-order valence-electron chi connectivity index (χ0n) is 12.5. The third kappa shape index (κ3) is 3.75. The second-order valence-corrected chi connectivity index (χ2v) is 6.12. The first-order valence-corrected chi connectivity index (χ1v) is 7.69. The lowest BCUT2D eigenvalue weighted by Crippen LogP contribution is -2.33. The van der Waals surface area contributed by atoms with E-state index in [0.717, 1.165) is 24.9 Å². The Morgan fingerprint density at radius 3 is 2.79 bits per heavy atom. The van der Waals surface area contributed by atoms with E-state index in [1.165, 1.54) is 25.0 Å². The molecule has 1 aromatic heterocycles. The van der Waals surface area contributed by atoms with Crippen LogP contribution in [0.3, 0.4) is 0 Å². The van der Waals surface area contributed by atoms with Crippen molar-refractivity contribution in [1.29, 1.82) is 0 Å². The zero-order valence-corrected chi connectivity index (χ0v) is 12.5. The van der Waals surface area contributed by atoms with Gasteiger partial charge in [-0.2, -0.15) is 0 Å². The van der Waals surface area contributed by atoms with Crippen molar-refractivity contribution >= 4 is 0 Å². The third-order valence-electron chi connectivity index (χ3n) is 4.60. The monoisotopic (exact) mass is 261 g/mol. The molecule has 1 aromatic rings.